The van der Waals surface area contributed by atoms with Crippen LogP contribution in [0, 0.1) is 0 Å². The van der Waals surface area contributed by atoms with Crippen LogP contribution >= 0.6 is 0 Å². The molecule has 0 aliphatic heterocycles. The Balaban J connectivity index is 2.17. The zero-order valence-corrected chi connectivity index (χ0v) is 8.40. The Bertz CT molecular complexity index is 243. The van der Waals surface area contributed by atoms with Gasteiger partial charge in [0.2, 0.25) is 0 Å². The fraction of sp³-hybridized carbons (Fsp3) is 0.700. The van der Waals surface area contributed by atoms with Gasteiger partial charge in [0.25, 0.3) is 0 Å². The molecule has 0 spiro atoms. The molecule has 1 atom stereocenters. The van der Waals surface area contributed by atoms with Gasteiger partial charge in [-0.1, -0.05) is 6.42 Å². The van der Waals surface area contributed by atoms with Gasteiger partial charge in [0.05, 0.1) is 6.10 Å². The van der Waals surface area contributed by atoms with Crippen molar-refractivity contribution < 1.29 is 5.11 Å². The maximum absolute atomic E-state index is 9.05. The molecule has 0 aliphatic carbocycles. The van der Waals surface area contributed by atoms with Gasteiger partial charge >= 0.3 is 0 Å². The predicted octanol–water partition coefficient (Wildman–Crippen LogP) is 1.51. The molecular formula is C10H18N2O. The second-order valence-corrected chi connectivity index (χ2v) is 3.54. The summed E-state index contributed by atoms with van der Waals surface area (Å²) in [6, 6.07) is 2.04. The number of aryl methyl sites for hydroxylation is 2. The van der Waals surface area contributed by atoms with Gasteiger partial charge in [-0.2, -0.15) is 5.10 Å². The van der Waals surface area contributed by atoms with Crippen molar-refractivity contribution in [3.63, 3.8) is 0 Å². The second kappa shape index (κ2) is 5.02. The monoisotopic (exact) mass is 182 g/mol. The van der Waals surface area contributed by atoms with Crippen LogP contribution in [0.1, 0.15) is 31.9 Å². The van der Waals surface area contributed by atoms with Crippen LogP contribution in [0.3, 0.4) is 0 Å². The normalized spacial score (nSPS) is 13.2. The zero-order chi connectivity index (χ0) is 9.68. The Morgan fingerprint density at radius 2 is 2.31 bits per heavy atom. The summed E-state index contributed by atoms with van der Waals surface area (Å²) in [7, 11) is 1.96. The fourth-order valence-corrected chi connectivity index (χ4v) is 1.39. The average Bonchev–Trinajstić information content (AvgIpc) is 2.45. The standard InChI is InChI=1S/C10H18N2O/c1-9(13)5-3-4-6-10-7-8-11-12(10)2/h7-9,13H,3-6H2,1-2H3. The first-order valence-electron chi connectivity index (χ1n) is 4.85. The molecule has 1 heterocycles. The van der Waals surface area contributed by atoms with Crippen LogP contribution in [0.5, 0.6) is 0 Å². The molecular weight excluding hydrogens is 164 g/mol. The van der Waals surface area contributed by atoms with E-state index in [0.717, 1.165) is 25.7 Å². The molecule has 0 saturated carbocycles. The molecule has 0 aliphatic rings. The van der Waals surface area contributed by atoms with E-state index in [1.54, 1.807) is 0 Å². The van der Waals surface area contributed by atoms with Crippen LogP contribution < -0.4 is 0 Å². The third kappa shape index (κ3) is 3.59. The summed E-state index contributed by atoms with van der Waals surface area (Å²) in [5.41, 5.74) is 1.27. The summed E-state index contributed by atoms with van der Waals surface area (Å²) >= 11 is 0. The van der Waals surface area contributed by atoms with Crippen molar-refractivity contribution in [1.82, 2.24) is 9.78 Å². The maximum atomic E-state index is 9.05. The summed E-state index contributed by atoms with van der Waals surface area (Å²) in [6.07, 6.45) is 5.84. The Labute approximate surface area is 79.4 Å². The molecule has 3 nitrogen and oxygen atoms in total. The number of hydrogen-bond acceptors (Lipinski definition) is 2. The molecule has 0 radical (unpaired) electrons. The lowest BCUT2D eigenvalue weighted by atomic mass is 10.1. The highest BCUT2D eigenvalue weighted by Gasteiger charge is 1.99. The molecule has 0 aromatic carbocycles. The molecule has 13 heavy (non-hydrogen) atoms. The number of nitrogens with zero attached hydrogens (tertiary/aromatic N) is 2. The van der Waals surface area contributed by atoms with Crippen molar-refractivity contribution >= 4 is 0 Å². The van der Waals surface area contributed by atoms with Crippen LogP contribution in [0.25, 0.3) is 0 Å². The number of hydrogen-bond donors (Lipinski definition) is 1. The third-order valence-electron chi connectivity index (χ3n) is 2.23. The highest BCUT2D eigenvalue weighted by atomic mass is 16.3. The summed E-state index contributed by atoms with van der Waals surface area (Å²) < 4.78 is 1.91. The van der Waals surface area contributed by atoms with Crippen LogP contribution in [0.4, 0.5) is 0 Å². The van der Waals surface area contributed by atoms with Gasteiger partial charge in [-0.15, -0.1) is 0 Å². The molecule has 0 fully saturated rings. The van der Waals surface area contributed by atoms with Gasteiger partial charge in [0.1, 0.15) is 0 Å². The first kappa shape index (κ1) is 10.3. The molecule has 3 heteroatoms. The van der Waals surface area contributed by atoms with Gasteiger partial charge in [-0.3, -0.25) is 4.68 Å². The number of aliphatic hydroxyl groups excluding tert-OH is 1. The smallest absolute Gasteiger partial charge is 0.0512 e. The summed E-state index contributed by atoms with van der Waals surface area (Å²) in [6.45, 7) is 1.84. The van der Waals surface area contributed by atoms with E-state index in [2.05, 4.69) is 5.10 Å². The van der Waals surface area contributed by atoms with E-state index >= 15 is 0 Å². The minimum absolute atomic E-state index is 0.161. The highest BCUT2D eigenvalue weighted by Crippen LogP contribution is 2.06. The average molecular weight is 182 g/mol. The Kier molecular flexibility index (Phi) is 3.96. The van der Waals surface area contributed by atoms with Crippen molar-refractivity contribution in [2.45, 2.75) is 38.7 Å². The lowest BCUT2D eigenvalue weighted by Crippen LogP contribution is -2.01. The Morgan fingerprint density at radius 1 is 1.54 bits per heavy atom. The maximum Gasteiger partial charge on any atom is 0.0512 e. The molecule has 0 bridgehead atoms. The lowest BCUT2D eigenvalue weighted by Gasteiger charge is -2.03. The van der Waals surface area contributed by atoms with E-state index in [1.165, 1.54) is 5.69 Å². The van der Waals surface area contributed by atoms with Gasteiger partial charge in [0, 0.05) is 18.9 Å². The molecule has 0 saturated heterocycles. The largest absolute Gasteiger partial charge is 0.393 e. The molecule has 1 aromatic rings. The SMILES string of the molecule is CC(O)CCCCc1ccnn1C. The first-order valence-corrected chi connectivity index (χ1v) is 4.85. The minimum atomic E-state index is -0.161. The number of aliphatic hydroxyl groups is 1. The predicted molar refractivity (Wildman–Crippen MR) is 52.4 cm³/mol. The summed E-state index contributed by atoms with van der Waals surface area (Å²) in [5, 5.41) is 13.1. The number of rotatable bonds is 5. The van der Waals surface area contributed by atoms with Crippen molar-refractivity contribution in [2.24, 2.45) is 7.05 Å². The number of unbranched alkanes of at least 4 members (excludes halogenated alkanes) is 1. The van der Waals surface area contributed by atoms with E-state index in [-0.39, 0.29) is 6.10 Å². The molecule has 1 N–H and O–H groups in total. The van der Waals surface area contributed by atoms with Crippen LogP contribution in [0.2, 0.25) is 0 Å². The van der Waals surface area contributed by atoms with Crippen LogP contribution in [-0.4, -0.2) is 21.0 Å². The van der Waals surface area contributed by atoms with Crippen LogP contribution in [-0.2, 0) is 13.5 Å². The van der Waals surface area contributed by atoms with Gasteiger partial charge in [-0.05, 0) is 32.3 Å². The molecule has 0 amide bonds. The van der Waals surface area contributed by atoms with Gasteiger partial charge in [-0.25, -0.2) is 0 Å². The van der Waals surface area contributed by atoms with Gasteiger partial charge in [0.15, 0.2) is 0 Å². The molecule has 1 aromatic heterocycles. The van der Waals surface area contributed by atoms with Crippen LogP contribution in [0.15, 0.2) is 12.3 Å². The van der Waals surface area contributed by atoms with Crippen molar-refractivity contribution in [1.29, 1.82) is 0 Å². The van der Waals surface area contributed by atoms with E-state index in [9.17, 15) is 0 Å². The Hall–Kier alpha value is -0.830. The van der Waals surface area contributed by atoms with E-state index in [4.69, 9.17) is 5.11 Å². The molecule has 1 unspecified atom stereocenters. The second-order valence-electron chi connectivity index (χ2n) is 3.54. The fourth-order valence-electron chi connectivity index (χ4n) is 1.39. The van der Waals surface area contributed by atoms with Crippen molar-refractivity contribution in [2.75, 3.05) is 0 Å². The van der Waals surface area contributed by atoms with Crippen molar-refractivity contribution in [3.05, 3.63) is 18.0 Å². The molecule has 1 rings (SSSR count). The summed E-state index contributed by atoms with van der Waals surface area (Å²) in [5.74, 6) is 0. The van der Waals surface area contributed by atoms with E-state index in [0.29, 0.717) is 0 Å². The summed E-state index contributed by atoms with van der Waals surface area (Å²) in [4.78, 5) is 0. The number of aromatic nitrogens is 2. The quantitative estimate of drug-likeness (QED) is 0.701. The first-order chi connectivity index (χ1) is 6.20. The minimum Gasteiger partial charge on any atom is -0.393 e. The topological polar surface area (TPSA) is 38.1 Å². The zero-order valence-electron chi connectivity index (χ0n) is 8.40. The van der Waals surface area contributed by atoms with E-state index in [1.807, 2.05) is 30.9 Å². The Morgan fingerprint density at radius 3 is 2.85 bits per heavy atom. The highest BCUT2D eigenvalue weighted by molar-refractivity contribution is 4.99. The van der Waals surface area contributed by atoms with Crippen molar-refractivity contribution in [3.8, 4) is 0 Å². The third-order valence-corrected chi connectivity index (χ3v) is 2.23. The molecule has 74 valence electrons. The lowest BCUT2D eigenvalue weighted by molar-refractivity contribution is 0.180. The van der Waals surface area contributed by atoms with E-state index < -0.39 is 0 Å². The van der Waals surface area contributed by atoms with Gasteiger partial charge < -0.3 is 5.11 Å².